The standard InChI is InChI=1S/C16H18FNO/c1-11-3-5-13(6-4-11)12(2)18-10-14-9-15(17)7-8-16(14)19/h3-9,12,18-19H,10H2,1-2H3/t12-/m1/s1. The number of benzene rings is 2. The molecule has 0 amide bonds. The lowest BCUT2D eigenvalue weighted by atomic mass is 10.1. The maximum atomic E-state index is 13.1. The van der Waals surface area contributed by atoms with E-state index in [-0.39, 0.29) is 17.6 Å². The van der Waals surface area contributed by atoms with Crippen LogP contribution in [0.2, 0.25) is 0 Å². The number of rotatable bonds is 4. The van der Waals surface area contributed by atoms with Gasteiger partial charge in [0.15, 0.2) is 0 Å². The molecule has 2 aromatic carbocycles. The van der Waals surface area contributed by atoms with E-state index in [1.807, 2.05) is 13.8 Å². The van der Waals surface area contributed by atoms with Crippen LogP contribution in [0.1, 0.15) is 29.7 Å². The molecule has 0 bridgehead atoms. The molecule has 2 nitrogen and oxygen atoms in total. The Balaban J connectivity index is 2.02. The van der Waals surface area contributed by atoms with Gasteiger partial charge < -0.3 is 10.4 Å². The zero-order valence-electron chi connectivity index (χ0n) is 11.2. The molecule has 0 saturated carbocycles. The molecule has 100 valence electrons. The first-order chi connectivity index (χ1) is 9.06. The first-order valence-corrected chi connectivity index (χ1v) is 6.33. The highest BCUT2D eigenvalue weighted by atomic mass is 19.1. The van der Waals surface area contributed by atoms with Crippen LogP contribution in [0.3, 0.4) is 0 Å². The van der Waals surface area contributed by atoms with Crippen LogP contribution in [0, 0.1) is 12.7 Å². The van der Waals surface area contributed by atoms with Gasteiger partial charge in [-0.3, -0.25) is 0 Å². The number of hydrogen-bond acceptors (Lipinski definition) is 2. The topological polar surface area (TPSA) is 32.3 Å². The van der Waals surface area contributed by atoms with Crippen LogP contribution in [0.4, 0.5) is 4.39 Å². The molecule has 0 aliphatic rings. The van der Waals surface area contributed by atoms with Gasteiger partial charge in [0.05, 0.1) is 0 Å². The Bertz CT molecular complexity index is 551. The maximum absolute atomic E-state index is 13.1. The van der Waals surface area contributed by atoms with E-state index in [9.17, 15) is 9.50 Å². The van der Waals surface area contributed by atoms with E-state index >= 15 is 0 Å². The van der Waals surface area contributed by atoms with E-state index in [1.165, 1.54) is 29.3 Å². The van der Waals surface area contributed by atoms with Crippen molar-refractivity contribution in [2.45, 2.75) is 26.4 Å². The number of halogens is 1. The minimum Gasteiger partial charge on any atom is -0.508 e. The minimum atomic E-state index is -0.336. The van der Waals surface area contributed by atoms with E-state index in [0.29, 0.717) is 12.1 Å². The predicted molar refractivity (Wildman–Crippen MR) is 74.5 cm³/mol. The van der Waals surface area contributed by atoms with Crippen molar-refractivity contribution in [2.75, 3.05) is 0 Å². The van der Waals surface area contributed by atoms with Gasteiger partial charge in [0.2, 0.25) is 0 Å². The molecule has 0 radical (unpaired) electrons. The number of aryl methyl sites for hydroxylation is 1. The Morgan fingerprint density at radius 1 is 1.16 bits per heavy atom. The molecule has 0 fully saturated rings. The van der Waals surface area contributed by atoms with Crippen molar-refractivity contribution in [2.24, 2.45) is 0 Å². The van der Waals surface area contributed by atoms with Crippen molar-refractivity contribution < 1.29 is 9.50 Å². The van der Waals surface area contributed by atoms with Crippen LogP contribution in [-0.4, -0.2) is 5.11 Å². The Morgan fingerprint density at radius 2 is 1.84 bits per heavy atom. The van der Waals surface area contributed by atoms with Crippen LogP contribution in [-0.2, 0) is 6.54 Å². The van der Waals surface area contributed by atoms with E-state index in [1.54, 1.807) is 0 Å². The molecule has 2 rings (SSSR count). The summed E-state index contributed by atoms with van der Waals surface area (Å²) in [5.41, 5.74) is 2.96. The van der Waals surface area contributed by atoms with Crippen LogP contribution < -0.4 is 5.32 Å². The van der Waals surface area contributed by atoms with Gasteiger partial charge >= 0.3 is 0 Å². The van der Waals surface area contributed by atoms with Gasteiger partial charge in [-0.15, -0.1) is 0 Å². The first kappa shape index (κ1) is 13.6. The van der Waals surface area contributed by atoms with Crippen molar-refractivity contribution in [3.05, 3.63) is 65.0 Å². The molecular formula is C16H18FNO. The smallest absolute Gasteiger partial charge is 0.123 e. The van der Waals surface area contributed by atoms with Crippen LogP contribution in [0.25, 0.3) is 0 Å². The Kier molecular flexibility index (Phi) is 4.17. The van der Waals surface area contributed by atoms with Crippen LogP contribution in [0.15, 0.2) is 42.5 Å². The van der Waals surface area contributed by atoms with E-state index < -0.39 is 0 Å². The molecular weight excluding hydrogens is 241 g/mol. The normalized spacial score (nSPS) is 12.4. The fraction of sp³-hybridized carbons (Fsp3) is 0.250. The van der Waals surface area contributed by atoms with E-state index in [4.69, 9.17) is 0 Å². The summed E-state index contributed by atoms with van der Waals surface area (Å²) in [5, 5.41) is 12.9. The number of phenolic OH excluding ortho intramolecular Hbond substituents is 1. The van der Waals surface area contributed by atoms with Gasteiger partial charge in [-0.25, -0.2) is 4.39 Å². The van der Waals surface area contributed by atoms with Crippen molar-refractivity contribution in [1.29, 1.82) is 0 Å². The molecule has 19 heavy (non-hydrogen) atoms. The molecule has 1 atom stereocenters. The second-order valence-electron chi connectivity index (χ2n) is 4.79. The monoisotopic (exact) mass is 259 g/mol. The number of phenols is 1. The van der Waals surface area contributed by atoms with Gasteiger partial charge in [0, 0.05) is 18.2 Å². The lowest BCUT2D eigenvalue weighted by Gasteiger charge is -2.15. The molecule has 0 aromatic heterocycles. The van der Waals surface area contributed by atoms with Gasteiger partial charge in [-0.05, 0) is 37.6 Å². The predicted octanol–water partition coefficient (Wildman–Crippen LogP) is 3.69. The quantitative estimate of drug-likeness (QED) is 0.877. The van der Waals surface area contributed by atoms with Crippen molar-refractivity contribution in [1.82, 2.24) is 5.32 Å². The number of nitrogens with one attached hydrogen (secondary N) is 1. The number of aromatic hydroxyl groups is 1. The molecule has 0 aliphatic carbocycles. The van der Waals surface area contributed by atoms with Crippen LogP contribution >= 0.6 is 0 Å². The highest BCUT2D eigenvalue weighted by molar-refractivity contribution is 5.32. The van der Waals surface area contributed by atoms with Gasteiger partial charge in [-0.2, -0.15) is 0 Å². The minimum absolute atomic E-state index is 0.116. The largest absolute Gasteiger partial charge is 0.508 e. The fourth-order valence-electron chi connectivity index (χ4n) is 1.93. The Morgan fingerprint density at radius 3 is 2.53 bits per heavy atom. The summed E-state index contributed by atoms with van der Waals surface area (Å²) in [5.74, 6) is -0.220. The SMILES string of the molecule is Cc1ccc([C@@H](C)NCc2cc(F)ccc2O)cc1. The van der Waals surface area contributed by atoms with E-state index in [2.05, 4.69) is 29.6 Å². The Labute approximate surface area is 112 Å². The summed E-state index contributed by atoms with van der Waals surface area (Å²) < 4.78 is 13.1. The van der Waals surface area contributed by atoms with Gasteiger partial charge in [0.25, 0.3) is 0 Å². The van der Waals surface area contributed by atoms with Crippen molar-refractivity contribution in [3.63, 3.8) is 0 Å². The summed E-state index contributed by atoms with van der Waals surface area (Å²) in [4.78, 5) is 0. The summed E-state index contributed by atoms with van der Waals surface area (Å²) in [6.07, 6.45) is 0. The molecule has 0 saturated heterocycles. The third-order valence-electron chi connectivity index (χ3n) is 3.22. The van der Waals surface area contributed by atoms with Gasteiger partial charge in [-0.1, -0.05) is 29.8 Å². The lowest BCUT2D eigenvalue weighted by molar-refractivity contribution is 0.457. The van der Waals surface area contributed by atoms with E-state index in [0.717, 1.165) is 0 Å². The Hall–Kier alpha value is -1.87. The van der Waals surface area contributed by atoms with Gasteiger partial charge in [0.1, 0.15) is 11.6 Å². The molecule has 0 unspecified atom stereocenters. The summed E-state index contributed by atoms with van der Waals surface area (Å²) >= 11 is 0. The zero-order valence-corrected chi connectivity index (χ0v) is 11.2. The molecule has 2 aromatic rings. The molecule has 0 aliphatic heterocycles. The van der Waals surface area contributed by atoms with Crippen molar-refractivity contribution in [3.8, 4) is 5.75 Å². The average molecular weight is 259 g/mol. The lowest BCUT2D eigenvalue weighted by Crippen LogP contribution is -2.18. The highest BCUT2D eigenvalue weighted by Crippen LogP contribution is 2.19. The first-order valence-electron chi connectivity index (χ1n) is 6.33. The summed E-state index contributed by atoms with van der Waals surface area (Å²) in [7, 11) is 0. The molecule has 2 N–H and O–H groups in total. The summed E-state index contributed by atoms with van der Waals surface area (Å²) in [6, 6.07) is 12.4. The highest BCUT2D eigenvalue weighted by Gasteiger charge is 2.07. The fourth-order valence-corrected chi connectivity index (χ4v) is 1.93. The second-order valence-corrected chi connectivity index (χ2v) is 4.79. The van der Waals surface area contributed by atoms with Crippen LogP contribution in [0.5, 0.6) is 5.75 Å². The average Bonchev–Trinajstić information content (AvgIpc) is 2.40. The third-order valence-corrected chi connectivity index (χ3v) is 3.22. The third kappa shape index (κ3) is 3.55. The number of hydrogen-bond donors (Lipinski definition) is 2. The molecule has 0 heterocycles. The van der Waals surface area contributed by atoms with Crippen molar-refractivity contribution >= 4 is 0 Å². The zero-order chi connectivity index (χ0) is 13.8. The summed E-state index contributed by atoms with van der Waals surface area (Å²) in [6.45, 7) is 4.52. The second kappa shape index (κ2) is 5.85. The maximum Gasteiger partial charge on any atom is 0.123 e. The molecule has 0 spiro atoms. The molecule has 3 heteroatoms.